The Morgan fingerprint density at radius 3 is 2.61 bits per heavy atom. The zero-order chi connectivity index (χ0) is 21.5. The Morgan fingerprint density at radius 1 is 1.06 bits per heavy atom. The van der Waals surface area contributed by atoms with Crippen molar-refractivity contribution in [2.45, 2.75) is 18.4 Å². The van der Waals surface area contributed by atoms with Crippen LogP contribution in [0.4, 0.5) is 5.69 Å². The third-order valence-corrected chi connectivity index (χ3v) is 6.37. The number of nitrogens with one attached hydrogen (secondary N) is 1. The lowest BCUT2D eigenvalue weighted by Gasteiger charge is -2.45. The lowest BCUT2D eigenvalue weighted by Crippen LogP contribution is -2.49. The molecule has 2 aliphatic heterocycles. The minimum Gasteiger partial charge on any atom is -0.495 e. The molecule has 3 aromatic carbocycles. The first-order valence-electron chi connectivity index (χ1n) is 10.2. The molecule has 6 heteroatoms. The van der Waals surface area contributed by atoms with E-state index in [0.29, 0.717) is 28.6 Å². The van der Waals surface area contributed by atoms with Crippen molar-refractivity contribution < 1.29 is 14.3 Å². The van der Waals surface area contributed by atoms with Crippen LogP contribution in [0.15, 0.2) is 66.7 Å². The Labute approximate surface area is 185 Å². The zero-order valence-electron chi connectivity index (χ0n) is 17.0. The molecule has 2 aliphatic rings. The summed E-state index contributed by atoms with van der Waals surface area (Å²) in [7, 11) is 1.55. The minimum absolute atomic E-state index is 0.0283. The lowest BCUT2D eigenvalue weighted by molar-refractivity contribution is -0.119. The zero-order valence-corrected chi connectivity index (χ0v) is 17.7. The van der Waals surface area contributed by atoms with Gasteiger partial charge in [-0.1, -0.05) is 54.1 Å². The van der Waals surface area contributed by atoms with Gasteiger partial charge in [0, 0.05) is 17.1 Å². The molecule has 0 saturated carbocycles. The predicted octanol–water partition coefficient (Wildman–Crippen LogP) is 4.82. The van der Waals surface area contributed by atoms with Gasteiger partial charge in [-0.15, -0.1) is 0 Å². The first-order valence-corrected chi connectivity index (χ1v) is 10.6. The molecule has 0 aliphatic carbocycles. The predicted molar refractivity (Wildman–Crippen MR) is 120 cm³/mol. The van der Waals surface area contributed by atoms with Crippen LogP contribution in [0.3, 0.4) is 0 Å². The van der Waals surface area contributed by atoms with Gasteiger partial charge in [0.15, 0.2) is 0 Å². The molecule has 0 aromatic heterocycles. The Bertz CT molecular complexity index is 1190. The van der Waals surface area contributed by atoms with Crippen LogP contribution in [0.1, 0.15) is 39.0 Å². The van der Waals surface area contributed by atoms with Crippen LogP contribution in [0.2, 0.25) is 5.02 Å². The van der Waals surface area contributed by atoms with Crippen LogP contribution in [0.5, 0.6) is 5.75 Å². The Hall–Kier alpha value is -3.31. The molecule has 0 unspecified atom stereocenters. The summed E-state index contributed by atoms with van der Waals surface area (Å²) in [6.45, 7) is 0.582. The van der Waals surface area contributed by atoms with Gasteiger partial charge in [-0.05, 0) is 47.4 Å². The second kappa shape index (κ2) is 7.75. The maximum Gasteiger partial charge on any atom is 0.254 e. The smallest absolute Gasteiger partial charge is 0.254 e. The van der Waals surface area contributed by atoms with E-state index in [4.69, 9.17) is 16.3 Å². The lowest BCUT2D eigenvalue weighted by atomic mass is 9.76. The van der Waals surface area contributed by atoms with E-state index in [0.717, 1.165) is 17.5 Å². The summed E-state index contributed by atoms with van der Waals surface area (Å²) in [5.74, 6) is -0.260. The number of nitrogens with zero attached hydrogens (tertiary/aromatic N) is 1. The second-order valence-corrected chi connectivity index (χ2v) is 8.23. The fraction of sp³-hybridized carbons (Fsp3) is 0.200. The van der Waals surface area contributed by atoms with Crippen molar-refractivity contribution in [2.75, 3.05) is 19.0 Å². The second-order valence-electron chi connectivity index (χ2n) is 7.79. The molecule has 31 heavy (non-hydrogen) atoms. The van der Waals surface area contributed by atoms with Gasteiger partial charge in [-0.25, -0.2) is 0 Å². The molecule has 2 amide bonds. The van der Waals surface area contributed by atoms with Crippen molar-refractivity contribution in [1.82, 2.24) is 4.90 Å². The van der Waals surface area contributed by atoms with E-state index < -0.39 is 5.92 Å². The molecule has 2 atom stereocenters. The summed E-state index contributed by atoms with van der Waals surface area (Å²) in [4.78, 5) is 28.9. The maximum atomic E-state index is 13.7. The van der Waals surface area contributed by atoms with E-state index in [-0.39, 0.29) is 17.9 Å². The SMILES string of the molecule is COc1ccc(Cl)cc1NC(=O)[C@@H]1c2ccccc2C(=O)N2CCc3ccccc3[C@H]12. The average molecular weight is 433 g/mol. The van der Waals surface area contributed by atoms with E-state index >= 15 is 0 Å². The summed E-state index contributed by atoms with van der Waals surface area (Å²) < 4.78 is 5.40. The first-order chi connectivity index (χ1) is 15.1. The van der Waals surface area contributed by atoms with Crippen molar-refractivity contribution in [3.8, 4) is 5.75 Å². The molecular weight excluding hydrogens is 412 g/mol. The molecule has 0 fully saturated rings. The van der Waals surface area contributed by atoms with Crippen LogP contribution in [0, 0.1) is 0 Å². The number of methoxy groups -OCH3 is 1. The van der Waals surface area contributed by atoms with Gasteiger partial charge in [0.25, 0.3) is 5.91 Å². The number of carbonyl (C=O) groups is 2. The number of rotatable bonds is 3. The fourth-order valence-corrected chi connectivity index (χ4v) is 4.92. The fourth-order valence-electron chi connectivity index (χ4n) is 4.75. The van der Waals surface area contributed by atoms with E-state index in [2.05, 4.69) is 11.4 Å². The highest BCUT2D eigenvalue weighted by molar-refractivity contribution is 6.31. The topological polar surface area (TPSA) is 58.6 Å². The maximum absolute atomic E-state index is 13.7. The third-order valence-electron chi connectivity index (χ3n) is 6.14. The van der Waals surface area contributed by atoms with Gasteiger partial charge in [-0.2, -0.15) is 0 Å². The van der Waals surface area contributed by atoms with Crippen LogP contribution in [-0.2, 0) is 11.2 Å². The first kappa shape index (κ1) is 19.6. The van der Waals surface area contributed by atoms with Crippen molar-refractivity contribution in [3.05, 3.63) is 94.0 Å². The van der Waals surface area contributed by atoms with Gasteiger partial charge in [0.1, 0.15) is 5.75 Å². The van der Waals surface area contributed by atoms with Gasteiger partial charge < -0.3 is 15.0 Å². The number of hydrogen-bond donors (Lipinski definition) is 1. The summed E-state index contributed by atoms with van der Waals surface area (Å²) in [5, 5.41) is 3.51. The number of amides is 2. The Balaban J connectivity index is 1.63. The molecule has 0 bridgehead atoms. The number of hydrogen-bond acceptors (Lipinski definition) is 3. The highest BCUT2D eigenvalue weighted by Gasteiger charge is 2.46. The molecule has 1 N–H and O–H groups in total. The normalized spacial score (nSPS) is 19.2. The van der Waals surface area contributed by atoms with Crippen LogP contribution >= 0.6 is 11.6 Å². The summed E-state index contributed by atoms with van der Waals surface area (Å²) in [6, 6.07) is 20.2. The van der Waals surface area contributed by atoms with E-state index in [1.807, 2.05) is 41.3 Å². The molecule has 2 heterocycles. The molecule has 0 radical (unpaired) electrons. The number of fused-ring (bicyclic) bond motifs is 4. The molecule has 156 valence electrons. The van der Waals surface area contributed by atoms with Gasteiger partial charge in [0.2, 0.25) is 5.91 Å². The van der Waals surface area contributed by atoms with E-state index in [1.165, 1.54) is 5.56 Å². The Morgan fingerprint density at radius 2 is 1.81 bits per heavy atom. The van der Waals surface area contributed by atoms with E-state index in [9.17, 15) is 9.59 Å². The van der Waals surface area contributed by atoms with Gasteiger partial charge in [-0.3, -0.25) is 9.59 Å². The number of halogens is 1. The number of ether oxygens (including phenoxy) is 1. The van der Waals surface area contributed by atoms with E-state index in [1.54, 1.807) is 31.4 Å². The largest absolute Gasteiger partial charge is 0.495 e. The molecule has 5 rings (SSSR count). The van der Waals surface area contributed by atoms with Crippen molar-refractivity contribution in [3.63, 3.8) is 0 Å². The van der Waals surface area contributed by atoms with Crippen LogP contribution < -0.4 is 10.1 Å². The average Bonchev–Trinajstić information content (AvgIpc) is 2.79. The summed E-state index contributed by atoms with van der Waals surface area (Å²) >= 11 is 6.16. The molecule has 0 saturated heterocycles. The highest BCUT2D eigenvalue weighted by Crippen LogP contribution is 2.46. The van der Waals surface area contributed by atoms with Crippen molar-refractivity contribution in [2.24, 2.45) is 0 Å². The monoisotopic (exact) mass is 432 g/mol. The number of benzene rings is 3. The van der Waals surface area contributed by atoms with Gasteiger partial charge >= 0.3 is 0 Å². The minimum atomic E-state index is -0.556. The standard InChI is InChI=1S/C25H21ClN2O3/c1-31-21-11-10-16(26)14-20(21)27-24(29)22-18-8-4-5-9-19(18)25(30)28-13-12-15-6-2-3-7-17(15)23(22)28/h2-11,14,22-23H,12-13H2,1H3,(H,27,29)/t22-,23-/m1/s1. The van der Waals surface area contributed by atoms with Crippen LogP contribution in [0.25, 0.3) is 0 Å². The van der Waals surface area contributed by atoms with Gasteiger partial charge in [0.05, 0.1) is 24.8 Å². The summed E-state index contributed by atoms with van der Waals surface area (Å²) in [5.41, 5.74) is 4.02. The molecule has 0 spiro atoms. The van der Waals surface area contributed by atoms with Crippen molar-refractivity contribution >= 4 is 29.1 Å². The third kappa shape index (κ3) is 3.26. The molecular formula is C25H21ClN2O3. The summed E-state index contributed by atoms with van der Waals surface area (Å²) in [6.07, 6.45) is 0.775. The Kier molecular flexibility index (Phi) is 4.91. The molecule has 3 aromatic rings. The number of carbonyl (C=O) groups excluding carboxylic acids is 2. The number of anilines is 1. The van der Waals surface area contributed by atoms with Crippen LogP contribution in [-0.4, -0.2) is 30.4 Å². The molecule has 5 nitrogen and oxygen atoms in total. The quantitative estimate of drug-likeness (QED) is 0.645. The van der Waals surface area contributed by atoms with Crippen molar-refractivity contribution in [1.29, 1.82) is 0 Å². The highest BCUT2D eigenvalue weighted by atomic mass is 35.5.